The molecule has 2 aliphatic heterocycles. The van der Waals surface area contributed by atoms with Crippen molar-refractivity contribution in [1.29, 1.82) is 0 Å². The number of alkyl halides is 3. The first-order valence-corrected chi connectivity index (χ1v) is 10.0. The highest BCUT2D eigenvalue weighted by molar-refractivity contribution is 7.99. The fraction of sp³-hybridized carbons (Fsp3) is 0.421. The summed E-state index contributed by atoms with van der Waals surface area (Å²) < 4.78 is 39.4. The Morgan fingerprint density at radius 3 is 2.64 bits per heavy atom. The van der Waals surface area contributed by atoms with Crippen LogP contribution in [0.15, 0.2) is 29.4 Å². The molecule has 28 heavy (non-hydrogen) atoms. The molecule has 1 fully saturated rings. The topological polar surface area (TPSA) is 58.1 Å². The van der Waals surface area contributed by atoms with E-state index in [9.17, 15) is 18.0 Å². The van der Waals surface area contributed by atoms with Crippen LogP contribution in [0.5, 0.6) is 0 Å². The molecule has 2 aromatic rings. The summed E-state index contributed by atoms with van der Waals surface area (Å²) in [4.78, 5) is 21.8. The van der Waals surface area contributed by atoms with Gasteiger partial charge in [-0.15, -0.1) is 11.8 Å². The smallest absolute Gasteiger partial charge is 0.329 e. The van der Waals surface area contributed by atoms with Crippen molar-refractivity contribution in [3.8, 4) is 0 Å². The van der Waals surface area contributed by atoms with Gasteiger partial charge in [0.2, 0.25) is 11.9 Å². The molecular weight excluding hydrogens is 389 g/mol. The minimum absolute atomic E-state index is 0.0607. The van der Waals surface area contributed by atoms with Crippen LogP contribution < -0.4 is 5.32 Å². The summed E-state index contributed by atoms with van der Waals surface area (Å²) >= 11 is 1.03. The van der Waals surface area contributed by atoms with Crippen LogP contribution in [-0.2, 0) is 11.0 Å². The van der Waals surface area contributed by atoms with Gasteiger partial charge in [-0.3, -0.25) is 4.79 Å². The number of rotatable bonds is 4. The predicted molar refractivity (Wildman–Crippen MR) is 100 cm³/mol. The Morgan fingerprint density at radius 1 is 1.29 bits per heavy atom. The van der Waals surface area contributed by atoms with Gasteiger partial charge in [-0.1, -0.05) is 13.0 Å². The predicted octanol–water partition coefficient (Wildman–Crippen LogP) is 5.09. The highest BCUT2D eigenvalue weighted by Crippen LogP contribution is 2.53. The molecule has 2 bridgehead atoms. The van der Waals surface area contributed by atoms with Gasteiger partial charge in [0, 0.05) is 18.8 Å². The number of anilines is 2. The molecule has 148 valence electrons. The van der Waals surface area contributed by atoms with Crippen LogP contribution in [0.2, 0.25) is 0 Å². The Morgan fingerprint density at radius 2 is 2.00 bits per heavy atom. The molecule has 0 spiro atoms. The number of fused-ring (bicyclic) bond motifs is 5. The second-order valence-corrected chi connectivity index (χ2v) is 8.10. The normalized spacial score (nSPS) is 20.4. The van der Waals surface area contributed by atoms with Crippen LogP contribution in [0.3, 0.4) is 0 Å². The summed E-state index contributed by atoms with van der Waals surface area (Å²) in [6.07, 6.45) is -1.78. The molecule has 3 heterocycles. The monoisotopic (exact) mass is 408 g/mol. The largest absolute Gasteiger partial charge is 0.420 e. The van der Waals surface area contributed by atoms with Gasteiger partial charge in [0.15, 0.2) is 0 Å². The lowest BCUT2D eigenvalue weighted by atomic mass is 9.91. The first kappa shape index (κ1) is 19.0. The minimum Gasteiger partial charge on any atom is -0.329 e. The van der Waals surface area contributed by atoms with Crippen molar-refractivity contribution in [3.05, 3.63) is 41.1 Å². The molecule has 2 aliphatic rings. The molecule has 0 aliphatic carbocycles. The number of hydrogen-bond donors (Lipinski definition) is 1. The number of amides is 1. The number of halogens is 3. The molecule has 4 rings (SSSR count). The van der Waals surface area contributed by atoms with Gasteiger partial charge in [0.25, 0.3) is 0 Å². The fourth-order valence-corrected chi connectivity index (χ4v) is 4.85. The molecule has 1 aromatic carbocycles. The second kappa shape index (κ2) is 6.95. The van der Waals surface area contributed by atoms with E-state index in [-0.39, 0.29) is 29.0 Å². The van der Waals surface area contributed by atoms with E-state index >= 15 is 0 Å². The summed E-state index contributed by atoms with van der Waals surface area (Å²) in [5, 5.41) is 2.92. The van der Waals surface area contributed by atoms with E-state index in [1.165, 1.54) is 0 Å². The van der Waals surface area contributed by atoms with E-state index in [1.807, 2.05) is 23.1 Å². The van der Waals surface area contributed by atoms with Gasteiger partial charge in [-0.05, 0) is 41.9 Å². The molecule has 2 atom stereocenters. The van der Waals surface area contributed by atoms with Gasteiger partial charge >= 0.3 is 6.18 Å². The Bertz CT molecular complexity index is 934. The minimum atomic E-state index is -4.49. The fourth-order valence-electron chi connectivity index (χ4n) is 4.10. The summed E-state index contributed by atoms with van der Waals surface area (Å²) in [6.45, 7) is 3.36. The third kappa shape index (κ3) is 3.21. The number of aromatic nitrogens is 2. The van der Waals surface area contributed by atoms with Crippen LogP contribution in [0, 0.1) is 0 Å². The van der Waals surface area contributed by atoms with Crippen molar-refractivity contribution in [2.24, 2.45) is 0 Å². The summed E-state index contributed by atoms with van der Waals surface area (Å²) in [7, 11) is 0. The van der Waals surface area contributed by atoms with Gasteiger partial charge in [-0.25, -0.2) is 9.97 Å². The highest BCUT2D eigenvalue weighted by atomic mass is 32.2. The number of hydrogen-bond acceptors (Lipinski definition) is 5. The molecular formula is C19H19F3N4OS. The molecule has 1 amide bonds. The van der Waals surface area contributed by atoms with E-state index in [0.717, 1.165) is 41.9 Å². The van der Waals surface area contributed by atoms with Gasteiger partial charge in [-0.2, -0.15) is 13.2 Å². The van der Waals surface area contributed by atoms with E-state index in [0.29, 0.717) is 11.4 Å². The Hall–Kier alpha value is -2.29. The average Bonchev–Trinajstić information content (AvgIpc) is 3.18. The van der Waals surface area contributed by atoms with Crippen molar-refractivity contribution >= 4 is 29.3 Å². The SMILES string of the molecule is CCSc1nc(Nc2ccc3c(c2)[C@H]2CC[C@@H]3N2C(C)=O)ncc1C(F)(F)F. The lowest BCUT2D eigenvalue weighted by Gasteiger charge is -2.20. The third-order valence-corrected chi connectivity index (χ3v) is 6.02. The second-order valence-electron chi connectivity index (χ2n) is 6.85. The molecule has 0 radical (unpaired) electrons. The number of nitrogens with one attached hydrogen (secondary N) is 1. The number of carbonyl (C=O) groups is 1. The number of nitrogens with zero attached hydrogens (tertiary/aromatic N) is 3. The van der Waals surface area contributed by atoms with Crippen LogP contribution in [0.25, 0.3) is 0 Å². The van der Waals surface area contributed by atoms with Crippen molar-refractivity contribution in [2.45, 2.75) is 50.0 Å². The zero-order valence-corrected chi connectivity index (χ0v) is 16.2. The lowest BCUT2D eigenvalue weighted by molar-refractivity contribution is -0.140. The molecule has 9 heteroatoms. The molecule has 5 nitrogen and oxygen atoms in total. The number of benzene rings is 1. The summed E-state index contributed by atoms with van der Waals surface area (Å²) in [5.74, 6) is 0.656. The van der Waals surface area contributed by atoms with Crippen molar-refractivity contribution in [2.75, 3.05) is 11.1 Å². The summed E-state index contributed by atoms with van der Waals surface area (Å²) in [6, 6.07) is 5.97. The maximum Gasteiger partial charge on any atom is 0.420 e. The zero-order valence-electron chi connectivity index (χ0n) is 15.4. The van der Waals surface area contributed by atoms with E-state index < -0.39 is 11.7 Å². The summed E-state index contributed by atoms with van der Waals surface area (Å²) in [5.41, 5.74) is 2.11. The number of thioether (sulfide) groups is 1. The first-order chi connectivity index (χ1) is 13.3. The quantitative estimate of drug-likeness (QED) is 0.564. The molecule has 1 saturated heterocycles. The maximum absolute atomic E-state index is 13.1. The van der Waals surface area contributed by atoms with E-state index in [4.69, 9.17) is 0 Å². The average molecular weight is 408 g/mol. The van der Waals surface area contributed by atoms with Gasteiger partial charge in [0.1, 0.15) is 10.6 Å². The van der Waals surface area contributed by atoms with E-state index in [1.54, 1.807) is 13.8 Å². The highest BCUT2D eigenvalue weighted by Gasteiger charge is 2.45. The van der Waals surface area contributed by atoms with Gasteiger partial charge in [0.05, 0.1) is 12.1 Å². The van der Waals surface area contributed by atoms with E-state index in [2.05, 4.69) is 15.3 Å². The Balaban J connectivity index is 1.62. The van der Waals surface area contributed by atoms with Crippen LogP contribution in [0.4, 0.5) is 24.8 Å². The van der Waals surface area contributed by atoms with Gasteiger partial charge < -0.3 is 10.2 Å². The molecule has 1 N–H and O–H groups in total. The lowest BCUT2D eigenvalue weighted by Crippen LogP contribution is -2.24. The maximum atomic E-state index is 13.1. The van der Waals surface area contributed by atoms with Crippen molar-refractivity contribution in [3.63, 3.8) is 0 Å². The zero-order chi connectivity index (χ0) is 20.1. The molecule has 0 saturated carbocycles. The Labute approximate surface area is 164 Å². The van der Waals surface area contributed by atoms with Crippen LogP contribution in [-0.4, -0.2) is 26.5 Å². The van der Waals surface area contributed by atoms with Crippen LogP contribution in [0.1, 0.15) is 55.5 Å². The molecule has 0 unspecified atom stereocenters. The third-order valence-electron chi connectivity index (χ3n) is 5.15. The first-order valence-electron chi connectivity index (χ1n) is 9.06. The molecule has 1 aromatic heterocycles. The van der Waals surface area contributed by atoms with Crippen molar-refractivity contribution in [1.82, 2.24) is 14.9 Å². The number of carbonyl (C=O) groups excluding carboxylic acids is 1. The van der Waals surface area contributed by atoms with Crippen LogP contribution >= 0.6 is 11.8 Å². The standard InChI is InChI=1S/C19H19F3N4OS/c1-3-28-17-14(19(20,21)22)9-23-18(25-17)24-11-4-5-12-13(8-11)16-7-6-15(12)26(16)10(2)27/h4-5,8-9,15-16H,3,6-7H2,1-2H3,(H,23,24,25)/t15-,16+/m0/s1. The van der Waals surface area contributed by atoms with Crippen molar-refractivity contribution < 1.29 is 18.0 Å². The Kier molecular flexibility index (Phi) is 4.73.